The Morgan fingerprint density at radius 1 is 1.26 bits per heavy atom. The molecule has 4 atom stereocenters. The molecular formula is C26H30ClNO6. The highest BCUT2D eigenvalue weighted by molar-refractivity contribution is 6.32. The lowest BCUT2D eigenvalue weighted by Gasteiger charge is -2.30. The van der Waals surface area contributed by atoms with Crippen molar-refractivity contribution in [2.24, 2.45) is 17.8 Å². The minimum absolute atomic E-state index is 0.128. The number of phenolic OH excluding ortho intramolecular Hbond substituents is 1. The van der Waals surface area contributed by atoms with Gasteiger partial charge in [0, 0.05) is 5.92 Å². The van der Waals surface area contributed by atoms with E-state index >= 15 is 0 Å². The summed E-state index contributed by atoms with van der Waals surface area (Å²) in [7, 11) is 1.17. The molecule has 4 rings (SSSR count). The van der Waals surface area contributed by atoms with Crippen LogP contribution in [0.5, 0.6) is 5.75 Å². The summed E-state index contributed by atoms with van der Waals surface area (Å²) in [5.74, 6) is -2.11. The summed E-state index contributed by atoms with van der Waals surface area (Å²) in [5, 5.41) is 10.1. The number of likely N-dealkylation sites (tertiary alicyclic amines) is 1. The quantitative estimate of drug-likeness (QED) is 0.442. The second-order valence-corrected chi connectivity index (χ2v) is 9.69. The van der Waals surface area contributed by atoms with Crippen molar-refractivity contribution in [3.8, 4) is 5.75 Å². The summed E-state index contributed by atoms with van der Waals surface area (Å²) >= 11 is 6.30. The smallest absolute Gasteiger partial charge is 0.423 e. The number of carbonyl (C=O) groups is 3. The summed E-state index contributed by atoms with van der Waals surface area (Å²) in [4.78, 5) is 38.5. The largest absolute Gasteiger partial charge is 0.508 e. The Kier molecular flexibility index (Phi) is 7.14. The van der Waals surface area contributed by atoms with Crippen LogP contribution in [0.15, 0.2) is 34.9 Å². The molecular weight excluding hydrogens is 458 g/mol. The zero-order valence-corrected chi connectivity index (χ0v) is 20.4. The van der Waals surface area contributed by atoms with Gasteiger partial charge in [-0.05, 0) is 61.9 Å². The Morgan fingerprint density at radius 3 is 2.71 bits per heavy atom. The maximum atomic E-state index is 13.0. The number of ether oxygens (including phenoxy) is 2. The SMILES string of the molecule is CCC/C(=C\c1ccc(O)cc1Cl)CC[C@H]1OC[C@H]2C1=C(C)C[C@H]1C(=O)N(C(=O)OC)C(=O)[C@H]12. The summed E-state index contributed by atoms with van der Waals surface area (Å²) in [6, 6.07) is 4.96. The Bertz CT molecular complexity index is 1080. The number of hydrogen-bond donors (Lipinski definition) is 1. The van der Waals surface area contributed by atoms with Crippen LogP contribution in [0.2, 0.25) is 5.02 Å². The molecule has 182 valence electrons. The molecule has 7 nitrogen and oxygen atoms in total. The molecule has 3 aliphatic rings. The molecule has 0 spiro atoms. The lowest BCUT2D eigenvalue weighted by Crippen LogP contribution is -2.37. The fourth-order valence-electron chi connectivity index (χ4n) is 5.66. The molecule has 1 aliphatic carbocycles. The number of imide groups is 3. The first-order chi connectivity index (χ1) is 16.3. The van der Waals surface area contributed by atoms with Crippen molar-refractivity contribution in [3.05, 3.63) is 45.5 Å². The minimum atomic E-state index is -0.915. The highest BCUT2D eigenvalue weighted by Crippen LogP contribution is 2.49. The van der Waals surface area contributed by atoms with Gasteiger partial charge in [0.1, 0.15) is 5.75 Å². The molecule has 1 aromatic carbocycles. The van der Waals surface area contributed by atoms with Crippen LogP contribution < -0.4 is 0 Å². The minimum Gasteiger partial charge on any atom is -0.508 e. The molecule has 0 saturated carbocycles. The fraction of sp³-hybridized carbons (Fsp3) is 0.500. The van der Waals surface area contributed by atoms with E-state index in [0.29, 0.717) is 23.0 Å². The summed E-state index contributed by atoms with van der Waals surface area (Å²) < 4.78 is 10.8. The first-order valence-corrected chi connectivity index (χ1v) is 12.1. The van der Waals surface area contributed by atoms with Gasteiger partial charge >= 0.3 is 6.09 Å². The molecule has 0 radical (unpaired) electrons. The van der Waals surface area contributed by atoms with E-state index in [1.165, 1.54) is 18.7 Å². The number of carbonyl (C=O) groups excluding carboxylic acids is 3. The number of hydrogen-bond acceptors (Lipinski definition) is 6. The Hall–Kier alpha value is -2.64. The number of halogens is 1. The van der Waals surface area contributed by atoms with Crippen LogP contribution in [0, 0.1) is 17.8 Å². The molecule has 1 aromatic rings. The van der Waals surface area contributed by atoms with E-state index < -0.39 is 29.7 Å². The van der Waals surface area contributed by atoms with Crippen molar-refractivity contribution in [2.45, 2.75) is 52.1 Å². The Balaban J connectivity index is 1.52. The lowest BCUT2D eigenvalue weighted by molar-refractivity contribution is -0.137. The predicted molar refractivity (Wildman–Crippen MR) is 127 cm³/mol. The molecule has 0 aromatic heterocycles. The average molecular weight is 488 g/mol. The number of aromatic hydroxyl groups is 1. The number of nitrogens with zero attached hydrogens (tertiary/aromatic N) is 1. The van der Waals surface area contributed by atoms with Gasteiger partial charge in [-0.2, -0.15) is 4.90 Å². The van der Waals surface area contributed by atoms with Crippen molar-refractivity contribution >= 4 is 35.6 Å². The molecule has 2 heterocycles. The molecule has 2 saturated heterocycles. The zero-order chi connectivity index (χ0) is 24.6. The molecule has 2 aliphatic heterocycles. The van der Waals surface area contributed by atoms with E-state index in [2.05, 4.69) is 17.7 Å². The maximum Gasteiger partial charge on any atom is 0.423 e. The highest BCUT2D eigenvalue weighted by atomic mass is 35.5. The first kappa shape index (κ1) is 24.5. The van der Waals surface area contributed by atoms with E-state index in [4.69, 9.17) is 16.3 Å². The number of rotatable bonds is 6. The number of phenols is 1. The average Bonchev–Trinajstić information content (AvgIpc) is 3.33. The van der Waals surface area contributed by atoms with Gasteiger partial charge in [0.15, 0.2) is 0 Å². The third-order valence-electron chi connectivity index (χ3n) is 7.15. The molecule has 3 amide bonds. The normalized spacial score (nSPS) is 26.7. The van der Waals surface area contributed by atoms with Crippen LogP contribution in [0.3, 0.4) is 0 Å². The van der Waals surface area contributed by atoms with Gasteiger partial charge in [-0.15, -0.1) is 0 Å². The molecule has 0 bridgehead atoms. The maximum absolute atomic E-state index is 13.0. The topological polar surface area (TPSA) is 93.1 Å². The van der Waals surface area contributed by atoms with Gasteiger partial charge < -0.3 is 14.6 Å². The van der Waals surface area contributed by atoms with Gasteiger partial charge in [-0.25, -0.2) is 4.79 Å². The monoisotopic (exact) mass is 487 g/mol. The lowest BCUT2D eigenvalue weighted by atomic mass is 9.70. The third kappa shape index (κ3) is 4.39. The zero-order valence-electron chi connectivity index (χ0n) is 19.7. The van der Waals surface area contributed by atoms with Gasteiger partial charge in [-0.3, -0.25) is 9.59 Å². The third-order valence-corrected chi connectivity index (χ3v) is 7.48. The van der Waals surface area contributed by atoms with E-state index in [-0.39, 0.29) is 17.8 Å². The number of methoxy groups -OCH3 is 1. The van der Waals surface area contributed by atoms with Crippen LogP contribution in [-0.4, -0.2) is 47.7 Å². The standard InChI is InChI=1S/C26H30ClNO6/c1-4-5-15(11-16-7-8-17(29)12-20(16)27)6-9-21-22-14(2)10-18-23(19(22)13-34-21)25(31)28(24(18)30)26(32)33-3/h7-8,11-12,18-19,21,23,29H,4-6,9-10,13H2,1-3H3/b15-11+/t18-,19+,21-,23-/m1/s1. The number of benzene rings is 1. The van der Waals surface area contributed by atoms with Crippen molar-refractivity contribution in [2.75, 3.05) is 13.7 Å². The summed E-state index contributed by atoms with van der Waals surface area (Å²) in [6.07, 6.45) is 4.94. The first-order valence-electron chi connectivity index (χ1n) is 11.7. The summed E-state index contributed by atoms with van der Waals surface area (Å²) in [6.45, 7) is 4.49. The van der Waals surface area contributed by atoms with Crippen molar-refractivity contribution in [1.29, 1.82) is 0 Å². The van der Waals surface area contributed by atoms with Crippen molar-refractivity contribution < 1.29 is 29.0 Å². The van der Waals surface area contributed by atoms with E-state index in [0.717, 1.165) is 42.4 Å². The van der Waals surface area contributed by atoms with Crippen molar-refractivity contribution in [1.82, 2.24) is 4.90 Å². The van der Waals surface area contributed by atoms with Gasteiger partial charge in [0.05, 0.1) is 36.7 Å². The number of allylic oxidation sites excluding steroid dienone is 2. The van der Waals surface area contributed by atoms with Crippen LogP contribution in [0.25, 0.3) is 6.08 Å². The van der Waals surface area contributed by atoms with Crippen LogP contribution in [0.4, 0.5) is 4.79 Å². The summed E-state index contributed by atoms with van der Waals surface area (Å²) in [5.41, 5.74) is 4.27. The van der Waals surface area contributed by atoms with Gasteiger partial charge in [0.25, 0.3) is 0 Å². The van der Waals surface area contributed by atoms with Crippen molar-refractivity contribution in [3.63, 3.8) is 0 Å². The van der Waals surface area contributed by atoms with Gasteiger partial charge in [-0.1, -0.05) is 42.2 Å². The van der Waals surface area contributed by atoms with Crippen LogP contribution in [0.1, 0.15) is 51.5 Å². The number of fused-ring (bicyclic) bond motifs is 3. The second kappa shape index (κ2) is 9.92. The Morgan fingerprint density at radius 2 is 2.03 bits per heavy atom. The molecule has 8 heteroatoms. The second-order valence-electron chi connectivity index (χ2n) is 9.28. The van der Waals surface area contributed by atoms with Crippen LogP contribution in [-0.2, 0) is 19.1 Å². The fourth-order valence-corrected chi connectivity index (χ4v) is 5.89. The van der Waals surface area contributed by atoms with E-state index in [1.54, 1.807) is 12.1 Å². The van der Waals surface area contributed by atoms with Gasteiger partial charge in [0.2, 0.25) is 11.8 Å². The van der Waals surface area contributed by atoms with E-state index in [1.807, 2.05) is 6.92 Å². The predicted octanol–water partition coefficient (Wildman–Crippen LogP) is 5.11. The Labute approximate surface area is 204 Å². The molecule has 1 N–H and O–H groups in total. The highest BCUT2D eigenvalue weighted by Gasteiger charge is 2.58. The molecule has 0 unspecified atom stereocenters. The number of amides is 3. The van der Waals surface area contributed by atoms with Crippen LogP contribution >= 0.6 is 11.6 Å². The van der Waals surface area contributed by atoms with E-state index in [9.17, 15) is 19.5 Å². The molecule has 2 fully saturated rings. The molecule has 34 heavy (non-hydrogen) atoms.